The number of benzene rings is 2. The minimum atomic E-state index is -0.0359. The van der Waals surface area contributed by atoms with Crippen LogP contribution < -0.4 is 9.47 Å². The van der Waals surface area contributed by atoms with Gasteiger partial charge in [0.05, 0.1) is 13.3 Å². The van der Waals surface area contributed by atoms with Crippen LogP contribution in [-0.4, -0.2) is 40.8 Å². The van der Waals surface area contributed by atoms with E-state index in [1.54, 1.807) is 17.9 Å². The van der Waals surface area contributed by atoms with Gasteiger partial charge in [-0.3, -0.25) is 9.48 Å². The van der Waals surface area contributed by atoms with Crippen molar-refractivity contribution in [2.45, 2.75) is 12.5 Å². The Kier molecular flexibility index (Phi) is 5.02. The zero-order valence-corrected chi connectivity index (χ0v) is 16.0. The van der Waals surface area contributed by atoms with Crippen LogP contribution >= 0.6 is 0 Å². The molecule has 1 aliphatic rings. The summed E-state index contributed by atoms with van der Waals surface area (Å²) in [5.41, 5.74) is 3.53. The highest BCUT2D eigenvalue weighted by molar-refractivity contribution is 5.78. The molecule has 144 valence electrons. The lowest BCUT2D eigenvalue weighted by atomic mass is 9.86. The van der Waals surface area contributed by atoms with Crippen molar-refractivity contribution in [3.8, 4) is 11.5 Å². The predicted molar refractivity (Wildman–Crippen MR) is 105 cm³/mol. The van der Waals surface area contributed by atoms with Gasteiger partial charge in [0.1, 0.15) is 11.5 Å². The number of ether oxygens (including phenoxy) is 2. The highest BCUT2D eigenvalue weighted by atomic mass is 16.5. The first-order valence-electron chi connectivity index (χ1n) is 9.25. The lowest BCUT2D eigenvalue weighted by Gasteiger charge is -2.34. The van der Waals surface area contributed by atoms with Crippen molar-refractivity contribution in [1.29, 1.82) is 0 Å². The predicted octanol–water partition coefficient (Wildman–Crippen LogP) is 2.98. The first-order valence-corrected chi connectivity index (χ1v) is 9.25. The van der Waals surface area contributed by atoms with Crippen LogP contribution in [0.3, 0.4) is 0 Å². The molecule has 0 spiro atoms. The molecule has 0 saturated heterocycles. The third-order valence-corrected chi connectivity index (χ3v) is 5.08. The van der Waals surface area contributed by atoms with Crippen LogP contribution in [0.25, 0.3) is 0 Å². The van der Waals surface area contributed by atoms with Crippen LogP contribution in [-0.2, 0) is 18.4 Å². The Labute approximate surface area is 164 Å². The fourth-order valence-corrected chi connectivity index (χ4v) is 3.63. The van der Waals surface area contributed by atoms with Gasteiger partial charge in [-0.1, -0.05) is 30.3 Å². The zero-order chi connectivity index (χ0) is 19.5. The molecular weight excluding hydrogens is 354 g/mol. The van der Waals surface area contributed by atoms with Crippen molar-refractivity contribution in [2.75, 3.05) is 20.3 Å². The summed E-state index contributed by atoms with van der Waals surface area (Å²) in [5, 5.41) is 4.30. The Balaban J connectivity index is 1.51. The number of nitrogens with zero attached hydrogens (tertiary/aromatic N) is 3. The van der Waals surface area contributed by atoms with E-state index in [9.17, 15) is 4.79 Å². The average molecular weight is 377 g/mol. The second-order valence-corrected chi connectivity index (χ2v) is 6.94. The number of aromatic nitrogens is 2. The SMILES string of the molecule is COc1cccc(OCC(=O)N2Cc3ccccc3C(c3cnn(C)c3)C2)c1. The highest BCUT2D eigenvalue weighted by Crippen LogP contribution is 2.33. The number of aryl methyl sites for hydroxylation is 1. The second kappa shape index (κ2) is 7.76. The van der Waals surface area contributed by atoms with Gasteiger partial charge in [-0.15, -0.1) is 0 Å². The number of amides is 1. The Morgan fingerprint density at radius 2 is 2.00 bits per heavy atom. The fraction of sp³-hybridized carbons (Fsp3) is 0.273. The van der Waals surface area contributed by atoms with Crippen molar-refractivity contribution < 1.29 is 14.3 Å². The van der Waals surface area contributed by atoms with Gasteiger partial charge in [0, 0.05) is 38.3 Å². The first kappa shape index (κ1) is 18.1. The summed E-state index contributed by atoms with van der Waals surface area (Å²) in [6.07, 6.45) is 3.89. The summed E-state index contributed by atoms with van der Waals surface area (Å²) in [7, 11) is 3.51. The van der Waals surface area contributed by atoms with E-state index >= 15 is 0 Å². The van der Waals surface area contributed by atoms with Crippen molar-refractivity contribution in [1.82, 2.24) is 14.7 Å². The van der Waals surface area contributed by atoms with E-state index in [4.69, 9.17) is 9.47 Å². The Bertz CT molecular complexity index is 982. The second-order valence-electron chi connectivity index (χ2n) is 6.94. The van der Waals surface area contributed by atoms with Crippen molar-refractivity contribution >= 4 is 5.91 Å². The van der Waals surface area contributed by atoms with Gasteiger partial charge >= 0.3 is 0 Å². The molecule has 0 N–H and O–H groups in total. The fourth-order valence-electron chi connectivity index (χ4n) is 3.63. The molecule has 0 saturated carbocycles. The summed E-state index contributed by atoms with van der Waals surface area (Å²) >= 11 is 0. The number of carbonyl (C=O) groups excluding carboxylic acids is 1. The summed E-state index contributed by atoms with van der Waals surface area (Å²) in [5.74, 6) is 1.40. The quantitative estimate of drug-likeness (QED) is 0.686. The Morgan fingerprint density at radius 1 is 1.18 bits per heavy atom. The van der Waals surface area contributed by atoms with Crippen LogP contribution in [0.15, 0.2) is 60.9 Å². The maximum atomic E-state index is 12.9. The van der Waals surface area contributed by atoms with Crippen LogP contribution in [0.5, 0.6) is 11.5 Å². The smallest absolute Gasteiger partial charge is 0.260 e. The zero-order valence-electron chi connectivity index (χ0n) is 16.0. The Hall–Kier alpha value is -3.28. The van der Waals surface area contributed by atoms with E-state index in [0.717, 1.165) is 11.1 Å². The molecule has 0 fully saturated rings. The summed E-state index contributed by atoms with van der Waals surface area (Å²) in [4.78, 5) is 14.7. The normalized spacial score (nSPS) is 15.8. The van der Waals surface area contributed by atoms with Crippen molar-refractivity contribution in [2.24, 2.45) is 7.05 Å². The van der Waals surface area contributed by atoms with E-state index in [2.05, 4.69) is 17.2 Å². The third kappa shape index (κ3) is 3.71. The van der Waals surface area contributed by atoms with E-state index in [-0.39, 0.29) is 18.4 Å². The molecule has 1 unspecified atom stereocenters. The molecule has 0 radical (unpaired) electrons. The van der Waals surface area contributed by atoms with Crippen LogP contribution in [0.2, 0.25) is 0 Å². The molecule has 2 heterocycles. The van der Waals surface area contributed by atoms with Gasteiger partial charge in [-0.05, 0) is 28.8 Å². The molecule has 0 aliphatic carbocycles. The number of methoxy groups -OCH3 is 1. The van der Waals surface area contributed by atoms with Crippen molar-refractivity contribution in [3.05, 3.63) is 77.6 Å². The van der Waals surface area contributed by atoms with Crippen LogP contribution in [0, 0.1) is 0 Å². The molecule has 4 rings (SSSR count). The molecule has 28 heavy (non-hydrogen) atoms. The molecular formula is C22H23N3O3. The molecule has 1 amide bonds. The first-order chi connectivity index (χ1) is 13.6. The molecule has 1 aromatic heterocycles. The van der Waals surface area contributed by atoms with Gasteiger partial charge in [0.15, 0.2) is 6.61 Å². The highest BCUT2D eigenvalue weighted by Gasteiger charge is 2.29. The van der Waals surface area contributed by atoms with Gasteiger partial charge in [0.25, 0.3) is 5.91 Å². The monoisotopic (exact) mass is 377 g/mol. The lowest BCUT2D eigenvalue weighted by molar-refractivity contribution is -0.134. The largest absolute Gasteiger partial charge is 0.497 e. The van der Waals surface area contributed by atoms with Gasteiger partial charge in [0.2, 0.25) is 0 Å². The maximum absolute atomic E-state index is 12.9. The third-order valence-electron chi connectivity index (χ3n) is 5.08. The summed E-state index contributed by atoms with van der Waals surface area (Å²) < 4.78 is 12.7. The number of carbonyl (C=O) groups is 1. The minimum absolute atomic E-state index is 0.00487. The number of hydrogen-bond donors (Lipinski definition) is 0. The molecule has 2 aromatic carbocycles. The molecule has 6 heteroatoms. The number of rotatable bonds is 5. The molecule has 0 bridgehead atoms. The maximum Gasteiger partial charge on any atom is 0.260 e. The number of hydrogen-bond acceptors (Lipinski definition) is 4. The minimum Gasteiger partial charge on any atom is -0.497 e. The van der Waals surface area contributed by atoms with Gasteiger partial charge < -0.3 is 14.4 Å². The Morgan fingerprint density at radius 3 is 2.79 bits per heavy atom. The molecule has 1 atom stereocenters. The average Bonchev–Trinajstić information content (AvgIpc) is 3.17. The van der Waals surface area contributed by atoms with Crippen LogP contribution in [0.1, 0.15) is 22.6 Å². The standard InChI is InChI=1S/C22H23N3O3/c1-24-12-17(11-23-24)21-14-25(13-16-6-3-4-9-20(16)21)22(26)15-28-19-8-5-7-18(10-19)27-2/h3-12,21H,13-15H2,1-2H3. The van der Waals surface area contributed by atoms with E-state index in [1.807, 2.05) is 54.7 Å². The number of fused-ring (bicyclic) bond motifs is 1. The molecule has 6 nitrogen and oxygen atoms in total. The van der Waals surface area contributed by atoms with Gasteiger partial charge in [-0.25, -0.2) is 0 Å². The summed E-state index contributed by atoms with van der Waals surface area (Å²) in [6.45, 7) is 1.20. The van der Waals surface area contributed by atoms with Crippen LogP contribution in [0.4, 0.5) is 0 Å². The van der Waals surface area contributed by atoms with Crippen molar-refractivity contribution in [3.63, 3.8) is 0 Å². The van der Waals surface area contributed by atoms with Gasteiger partial charge in [-0.2, -0.15) is 5.10 Å². The van der Waals surface area contributed by atoms with E-state index in [1.165, 1.54) is 5.56 Å². The van der Waals surface area contributed by atoms with E-state index < -0.39 is 0 Å². The summed E-state index contributed by atoms with van der Waals surface area (Å²) in [6, 6.07) is 15.6. The van der Waals surface area contributed by atoms with E-state index in [0.29, 0.717) is 24.6 Å². The molecule has 1 aliphatic heterocycles. The topological polar surface area (TPSA) is 56.6 Å². The molecule has 3 aromatic rings. The lowest BCUT2D eigenvalue weighted by Crippen LogP contribution is -2.41.